The predicted molar refractivity (Wildman–Crippen MR) is 136 cm³/mol. The number of nitrogens with zero attached hydrogens (tertiary/aromatic N) is 1. The molecule has 0 radical (unpaired) electrons. The van der Waals surface area contributed by atoms with E-state index in [1.165, 1.54) is 0 Å². The molecule has 2 aromatic carbocycles. The molecule has 3 N–H and O–H groups in total. The summed E-state index contributed by atoms with van der Waals surface area (Å²) in [5.41, 5.74) is -0.977. The highest BCUT2D eigenvalue weighted by Gasteiger charge is 2.64. The van der Waals surface area contributed by atoms with E-state index in [1.54, 1.807) is 55.5 Å². The van der Waals surface area contributed by atoms with Gasteiger partial charge in [-0.05, 0) is 23.5 Å². The Labute approximate surface area is 221 Å². The van der Waals surface area contributed by atoms with Gasteiger partial charge in [-0.15, -0.1) is 0 Å². The third-order valence-electron chi connectivity index (χ3n) is 6.32. The Balaban J connectivity index is 1.80. The lowest BCUT2D eigenvalue weighted by Crippen LogP contribution is -2.85. The van der Waals surface area contributed by atoms with Crippen LogP contribution in [0.2, 0.25) is 0 Å². The summed E-state index contributed by atoms with van der Waals surface area (Å²) in [6, 6.07) is 17.7. The zero-order valence-electron chi connectivity index (χ0n) is 21.8. The second-order valence-electron chi connectivity index (χ2n) is 10.1. The summed E-state index contributed by atoms with van der Waals surface area (Å²) in [6.45, 7) is 6.62. The molecule has 1 aliphatic heterocycles. The molecule has 3 rings (SSSR count). The van der Waals surface area contributed by atoms with E-state index in [4.69, 9.17) is 14.2 Å². The molecular formula is C27H33N3O8. The van der Waals surface area contributed by atoms with Crippen LogP contribution in [-0.2, 0) is 32.2 Å². The molecule has 3 amide bonds. The molecule has 1 saturated heterocycles. The Morgan fingerprint density at radius 1 is 0.947 bits per heavy atom. The molecule has 11 nitrogen and oxygen atoms in total. The normalized spacial score (nSPS) is 19.4. The van der Waals surface area contributed by atoms with Gasteiger partial charge in [0.2, 0.25) is 0 Å². The fourth-order valence-corrected chi connectivity index (χ4v) is 3.57. The molecule has 3 unspecified atom stereocenters. The van der Waals surface area contributed by atoms with Crippen LogP contribution < -0.4 is 10.6 Å². The molecule has 11 heteroatoms. The Morgan fingerprint density at radius 2 is 1.45 bits per heavy atom. The smallest absolute Gasteiger partial charge is 0.409 e. The van der Waals surface area contributed by atoms with Crippen LogP contribution in [0.1, 0.15) is 38.8 Å². The Bertz CT molecular complexity index is 1140. The second kappa shape index (κ2) is 11.8. The summed E-state index contributed by atoms with van der Waals surface area (Å²) >= 11 is 0. The zero-order valence-corrected chi connectivity index (χ0v) is 21.8. The molecule has 0 aliphatic carbocycles. The van der Waals surface area contributed by atoms with Gasteiger partial charge < -0.3 is 24.6 Å². The number of ether oxygens (including phenoxy) is 3. The third kappa shape index (κ3) is 6.93. The predicted octanol–water partition coefficient (Wildman–Crippen LogP) is 3.88. The molecule has 0 aromatic heterocycles. The summed E-state index contributed by atoms with van der Waals surface area (Å²) in [4.78, 5) is 51.5. The Hall–Kier alpha value is -4.28. The van der Waals surface area contributed by atoms with Crippen LogP contribution in [0.4, 0.5) is 14.4 Å². The van der Waals surface area contributed by atoms with Gasteiger partial charge in [-0.25, -0.2) is 19.2 Å². The molecule has 38 heavy (non-hydrogen) atoms. The van der Waals surface area contributed by atoms with E-state index in [9.17, 15) is 24.3 Å². The molecular weight excluding hydrogens is 494 g/mol. The minimum atomic E-state index is -1.95. The number of carbonyl (C=O) groups excluding carboxylic acids is 3. The quantitative estimate of drug-likeness (QED) is 0.347. The van der Waals surface area contributed by atoms with Gasteiger partial charge in [-0.1, -0.05) is 81.4 Å². The van der Waals surface area contributed by atoms with Gasteiger partial charge in [0.15, 0.2) is 5.54 Å². The van der Waals surface area contributed by atoms with E-state index >= 15 is 0 Å². The van der Waals surface area contributed by atoms with Gasteiger partial charge >= 0.3 is 24.2 Å². The number of esters is 1. The van der Waals surface area contributed by atoms with Gasteiger partial charge in [-0.3, -0.25) is 10.2 Å². The summed E-state index contributed by atoms with van der Waals surface area (Å²) in [5.74, 6) is -0.914. The Morgan fingerprint density at radius 3 is 1.92 bits per heavy atom. The van der Waals surface area contributed by atoms with E-state index in [-0.39, 0.29) is 13.2 Å². The molecule has 1 aliphatic rings. The number of nitrogens with one attached hydrogen (secondary N) is 2. The zero-order chi connectivity index (χ0) is 27.9. The van der Waals surface area contributed by atoms with E-state index in [0.717, 1.165) is 4.90 Å². The first-order valence-electron chi connectivity index (χ1n) is 12.1. The van der Waals surface area contributed by atoms with Crippen LogP contribution >= 0.6 is 0 Å². The number of amides is 3. The molecule has 0 bridgehead atoms. The van der Waals surface area contributed by atoms with Crippen molar-refractivity contribution in [3.05, 3.63) is 71.8 Å². The van der Waals surface area contributed by atoms with Gasteiger partial charge in [0.05, 0.1) is 6.54 Å². The minimum absolute atomic E-state index is 0.0858. The van der Waals surface area contributed by atoms with Gasteiger partial charge in [0.1, 0.15) is 25.5 Å². The van der Waals surface area contributed by atoms with Gasteiger partial charge in [0, 0.05) is 0 Å². The SMILES string of the molecule is CC(OC(=O)C1(NC(=O)OCc2ccccc2)CN(C(=O)O)C1NC(=O)OCc1ccccc1)C(C)(C)C. The summed E-state index contributed by atoms with van der Waals surface area (Å²) in [5, 5.41) is 14.5. The van der Waals surface area contributed by atoms with Crippen molar-refractivity contribution in [3.63, 3.8) is 0 Å². The molecule has 1 fully saturated rings. The van der Waals surface area contributed by atoms with Crippen LogP contribution in [0.3, 0.4) is 0 Å². The average molecular weight is 528 g/mol. The molecule has 0 spiro atoms. The fourth-order valence-electron chi connectivity index (χ4n) is 3.57. The van der Waals surface area contributed by atoms with E-state index in [2.05, 4.69) is 10.6 Å². The number of likely N-dealkylation sites (tertiary alicyclic amines) is 1. The lowest BCUT2D eigenvalue weighted by Gasteiger charge is -2.53. The van der Waals surface area contributed by atoms with Crippen molar-refractivity contribution in [2.24, 2.45) is 5.41 Å². The number of rotatable bonds is 8. The standard InChI is InChI=1S/C27H33N3O8/c1-18(26(2,3)4)38-22(31)27(29-24(33)37-16-20-13-9-6-10-14-20)17-30(25(34)35)21(27)28-23(32)36-15-19-11-7-5-8-12-19/h5-14,18,21H,15-17H2,1-4H3,(H,28,32)(H,29,33)(H,34,35). The maximum absolute atomic E-state index is 13.4. The second-order valence-corrected chi connectivity index (χ2v) is 10.1. The molecule has 3 atom stereocenters. The van der Waals surface area contributed by atoms with Crippen molar-refractivity contribution in [2.45, 2.75) is 58.7 Å². The number of carboxylic acid groups (broad SMARTS) is 1. The topological polar surface area (TPSA) is 144 Å². The first-order chi connectivity index (χ1) is 17.9. The summed E-state index contributed by atoms with van der Waals surface area (Å²) < 4.78 is 16.1. The largest absolute Gasteiger partial charge is 0.465 e. The molecule has 2 aromatic rings. The summed E-state index contributed by atoms with van der Waals surface area (Å²) in [6.07, 6.45) is -5.48. The van der Waals surface area contributed by atoms with Crippen molar-refractivity contribution in [3.8, 4) is 0 Å². The number of carbonyl (C=O) groups is 4. The van der Waals surface area contributed by atoms with E-state index in [1.807, 2.05) is 32.9 Å². The summed E-state index contributed by atoms with van der Waals surface area (Å²) in [7, 11) is 0. The Kier molecular flexibility index (Phi) is 8.82. The van der Waals surface area contributed by atoms with E-state index in [0.29, 0.717) is 11.1 Å². The number of benzene rings is 2. The lowest BCUT2D eigenvalue weighted by molar-refractivity contribution is -0.174. The average Bonchev–Trinajstić information content (AvgIpc) is 2.87. The number of alkyl carbamates (subject to hydrolysis) is 2. The van der Waals surface area contributed by atoms with Crippen LogP contribution in [-0.4, -0.2) is 58.6 Å². The maximum Gasteiger partial charge on any atom is 0.409 e. The van der Waals surface area contributed by atoms with Crippen LogP contribution in [0, 0.1) is 5.41 Å². The van der Waals surface area contributed by atoms with Crippen LogP contribution in [0.25, 0.3) is 0 Å². The number of hydrogen-bond donors (Lipinski definition) is 3. The molecule has 0 saturated carbocycles. The highest BCUT2D eigenvalue weighted by Crippen LogP contribution is 2.32. The first-order valence-corrected chi connectivity index (χ1v) is 12.1. The highest BCUT2D eigenvalue weighted by atomic mass is 16.6. The number of hydrogen-bond acceptors (Lipinski definition) is 7. The molecule has 1 heterocycles. The maximum atomic E-state index is 13.4. The monoisotopic (exact) mass is 527 g/mol. The van der Waals surface area contributed by atoms with Crippen molar-refractivity contribution in [2.75, 3.05) is 6.54 Å². The lowest BCUT2D eigenvalue weighted by atomic mass is 9.84. The van der Waals surface area contributed by atoms with Crippen molar-refractivity contribution >= 4 is 24.2 Å². The van der Waals surface area contributed by atoms with Gasteiger partial charge in [0.25, 0.3) is 0 Å². The highest BCUT2D eigenvalue weighted by molar-refractivity contribution is 5.91. The minimum Gasteiger partial charge on any atom is -0.465 e. The van der Waals surface area contributed by atoms with Gasteiger partial charge in [-0.2, -0.15) is 0 Å². The van der Waals surface area contributed by atoms with Crippen LogP contribution in [0.5, 0.6) is 0 Å². The van der Waals surface area contributed by atoms with Crippen molar-refractivity contribution in [1.29, 1.82) is 0 Å². The molecule has 204 valence electrons. The first kappa shape index (κ1) is 28.3. The van der Waals surface area contributed by atoms with Crippen LogP contribution in [0.15, 0.2) is 60.7 Å². The van der Waals surface area contributed by atoms with Crippen molar-refractivity contribution < 1.29 is 38.5 Å². The fraction of sp³-hybridized carbons (Fsp3) is 0.407. The van der Waals surface area contributed by atoms with E-state index < -0.39 is 54.0 Å². The third-order valence-corrected chi connectivity index (χ3v) is 6.32. The van der Waals surface area contributed by atoms with Crippen molar-refractivity contribution in [1.82, 2.24) is 15.5 Å².